The topological polar surface area (TPSA) is 101 Å². The maximum atomic E-state index is 15.5. The maximum Gasteiger partial charge on any atom is 0.268 e. The third-order valence-corrected chi connectivity index (χ3v) is 8.21. The predicted octanol–water partition coefficient (Wildman–Crippen LogP) is 4.45. The van der Waals surface area contributed by atoms with Crippen molar-refractivity contribution in [1.82, 2.24) is 9.88 Å². The second kappa shape index (κ2) is 7.67. The van der Waals surface area contributed by atoms with Gasteiger partial charge in [0.15, 0.2) is 0 Å². The van der Waals surface area contributed by atoms with E-state index in [4.69, 9.17) is 5.73 Å². The highest BCUT2D eigenvalue weighted by Crippen LogP contribution is 2.59. The Balaban J connectivity index is 1.37. The first-order valence-corrected chi connectivity index (χ1v) is 12.2. The molecule has 0 spiro atoms. The molecule has 6 nitrogen and oxygen atoms in total. The number of nitrogens with two attached hydrogens (primary N) is 1. The monoisotopic (exact) mass is 470 g/mol. The lowest BCUT2D eigenvalue weighted by atomic mass is 9.51. The van der Waals surface area contributed by atoms with Crippen LogP contribution < -0.4 is 11.1 Å². The molecule has 7 heteroatoms. The Morgan fingerprint density at radius 1 is 1.09 bits per heavy atom. The van der Waals surface area contributed by atoms with Crippen molar-refractivity contribution < 1.29 is 14.0 Å². The summed E-state index contributed by atoms with van der Waals surface area (Å²) in [6.45, 7) is 0.380. The van der Waals surface area contributed by atoms with E-state index in [0.717, 1.165) is 35.7 Å². The van der Waals surface area contributed by atoms with Crippen molar-refractivity contribution in [2.45, 2.75) is 56.3 Å². The first kappa shape index (κ1) is 21.8. The summed E-state index contributed by atoms with van der Waals surface area (Å²) in [5, 5.41) is 13.6. The quantitative estimate of drug-likeness (QED) is 0.576. The van der Waals surface area contributed by atoms with Crippen molar-refractivity contribution in [2.75, 3.05) is 0 Å². The van der Waals surface area contributed by atoms with E-state index in [1.807, 2.05) is 28.8 Å². The predicted molar refractivity (Wildman–Crippen MR) is 129 cm³/mol. The van der Waals surface area contributed by atoms with Gasteiger partial charge in [-0.1, -0.05) is 18.2 Å². The van der Waals surface area contributed by atoms with Crippen molar-refractivity contribution >= 4 is 22.7 Å². The van der Waals surface area contributed by atoms with E-state index in [1.165, 1.54) is 0 Å². The fraction of sp³-hybridized carbons (Fsp3) is 0.393. The molecule has 2 atom stereocenters. The minimum atomic E-state index is -1.16. The molecule has 4 saturated carbocycles. The summed E-state index contributed by atoms with van der Waals surface area (Å²) in [5.74, 6) is -0.0226. The van der Waals surface area contributed by atoms with Crippen LogP contribution in [0.25, 0.3) is 10.9 Å². The molecule has 2 amide bonds. The van der Waals surface area contributed by atoms with E-state index in [9.17, 15) is 14.9 Å². The number of aromatic nitrogens is 1. The van der Waals surface area contributed by atoms with Gasteiger partial charge in [-0.05, 0) is 79.8 Å². The van der Waals surface area contributed by atoms with Gasteiger partial charge in [-0.15, -0.1) is 0 Å². The lowest BCUT2D eigenvalue weighted by Gasteiger charge is -2.59. The molecule has 3 N–H and O–H groups in total. The van der Waals surface area contributed by atoms with Gasteiger partial charge in [-0.25, -0.2) is 4.39 Å². The Bertz CT molecular complexity index is 1390. The van der Waals surface area contributed by atoms with Crippen molar-refractivity contribution in [1.29, 1.82) is 5.26 Å². The Kier molecular flexibility index (Phi) is 4.79. The molecule has 35 heavy (non-hydrogen) atoms. The highest BCUT2D eigenvalue weighted by molar-refractivity contribution is 5.99. The molecule has 0 saturated heterocycles. The Morgan fingerprint density at radius 2 is 1.80 bits per heavy atom. The Morgan fingerprint density at radius 3 is 2.43 bits per heavy atom. The number of alkyl halides is 1. The number of primary amides is 1. The summed E-state index contributed by atoms with van der Waals surface area (Å²) < 4.78 is 17.4. The molecule has 7 rings (SSSR count). The largest absolute Gasteiger partial charge is 0.366 e. The van der Waals surface area contributed by atoms with Crippen molar-refractivity contribution in [3.05, 3.63) is 70.9 Å². The number of fused-ring (bicyclic) bond motifs is 1. The van der Waals surface area contributed by atoms with Crippen LogP contribution in [-0.4, -0.2) is 27.6 Å². The van der Waals surface area contributed by atoms with E-state index in [-0.39, 0.29) is 5.91 Å². The fourth-order valence-corrected chi connectivity index (χ4v) is 7.24. The molecule has 4 aliphatic carbocycles. The Labute approximate surface area is 202 Å². The summed E-state index contributed by atoms with van der Waals surface area (Å²) in [5.41, 5.74) is 6.80. The van der Waals surface area contributed by atoms with Gasteiger partial charge in [-0.2, -0.15) is 5.26 Å². The number of benzene rings is 2. The Hall–Kier alpha value is -3.66. The van der Waals surface area contributed by atoms with Gasteiger partial charge < -0.3 is 15.6 Å². The summed E-state index contributed by atoms with van der Waals surface area (Å²) in [7, 11) is 0. The first-order chi connectivity index (χ1) is 16.7. The molecule has 4 bridgehead atoms. The van der Waals surface area contributed by atoms with Crippen LogP contribution >= 0.6 is 0 Å². The summed E-state index contributed by atoms with van der Waals surface area (Å²) in [6, 6.07) is 16.3. The first-order valence-electron chi connectivity index (χ1n) is 12.2. The zero-order valence-corrected chi connectivity index (χ0v) is 19.4. The summed E-state index contributed by atoms with van der Waals surface area (Å²) in [4.78, 5) is 25.2. The molecule has 178 valence electrons. The molecule has 0 radical (unpaired) electrons. The van der Waals surface area contributed by atoms with Crippen molar-refractivity contribution in [2.24, 2.45) is 17.6 Å². The zero-order chi connectivity index (χ0) is 24.4. The van der Waals surface area contributed by atoms with E-state index in [2.05, 4.69) is 11.4 Å². The van der Waals surface area contributed by atoms with Crippen LogP contribution in [0.2, 0.25) is 0 Å². The number of amides is 2. The molecular formula is C28H27FN4O2. The molecule has 3 aromatic rings. The smallest absolute Gasteiger partial charge is 0.268 e. The molecule has 2 aromatic carbocycles. The standard InChI is InChI=1S/C28H27FN4O2/c29-27-10-19-7-20(11-27)13-28(12-19,16-27)32-26(35)24-9-22-6-3-18(14-30)8-23(22)33(24)15-17-1-4-21(5-2-17)25(31)34/h1-6,8-9,19-20H,7,10-13,15-16H2,(H2,31,34)(H,32,35). The lowest BCUT2D eigenvalue weighted by molar-refractivity contribution is -0.0938. The van der Waals surface area contributed by atoms with E-state index in [0.29, 0.717) is 54.5 Å². The molecule has 2 unspecified atom stereocenters. The highest BCUT2D eigenvalue weighted by Gasteiger charge is 2.58. The minimum Gasteiger partial charge on any atom is -0.366 e. The molecule has 1 aromatic heterocycles. The number of nitriles is 1. The van der Waals surface area contributed by atoms with Gasteiger partial charge in [0.25, 0.3) is 5.91 Å². The van der Waals surface area contributed by atoms with Crippen molar-refractivity contribution in [3.63, 3.8) is 0 Å². The SMILES string of the molecule is N#Cc1ccc2cc(C(=O)NC34CC5CC(CC(F)(C5)C3)C4)n(Cc3ccc(C(N)=O)cc3)c2c1. The van der Waals surface area contributed by atoms with Crippen LogP contribution in [0, 0.1) is 23.2 Å². The molecular weight excluding hydrogens is 443 g/mol. The number of nitrogens with one attached hydrogen (secondary N) is 1. The highest BCUT2D eigenvalue weighted by atomic mass is 19.1. The van der Waals surface area contributed by atoms with Crippen molar-refractivity contribution in [3.8, 4) is 6.07 Å². The van der Waals surface area contributed by atoms with Gasteiger partial charge in [0, 0.05) is 29.5 Å². The van der Waals surface area contributed by atoms with Gasteiger partial charge >= 0.3 is 0 Å². The maximum absolute atomic E-state index is 15.5. The number of hydrogen-bond donors (Lipinski definition) is 2. The number of nitrogens with zero attached hydrogens (tertiary/aromatic N) is 2. The average molecular weight is 471 g/mol. The molecule has 4 fully saturated rings. The van der Waals surface area contributed by atoms with Crippen LogP contribution in [0.1, 0.15) is 70.5 Å². The third kappa shape index (κ3) is 3.78. The normalized spacial score (nSPS) is 28.7. The van der Waals surface area contributed by atoms with Crippen LogP contribution in [0.15, 0.2) is 48.5 Å². The average Bonchev–Trinajstić information content (AvgIpc) is 3.15. The van der Waals surface area contributed by atoms with Crippen LogP contribution in [0.5, 0.6) is 0 Å². The van der Waals surface area contributed by atoms with Gasteiger partial charge in [0.05, 0.1) is 17.1 Å². The lowest BCUT2D eigenvalue weighted by Crippen LogP contribution is -2.64. The summed E-state index contributed by atoms with van der Waals surface area (Å²) >= 11 is 0. The number of rotatable bonds is 5. The second-order valence-electron chi connectivity index (χ2n) is 10.9. The van der Waals surface area contributed by atoms with E-state index >= 15 is 4.39 Å². The number of halogens is 1. The van der Waals surface area contributed by atoms with Crippen LogP contribution in [-0.2, 0) is 6.54 Å². The van der Waals surface area contributed by atoms with Crippen LogP contribution in [0.3, 0.4) is 0 Å². The second-order valence-corrected chi connectivity index (χ2v) is 10.9. The van der Waals surface area contributed by atoms with Gasteiger partial charge in [0.1, 0.15) is 11.4 Å². The number of hydrogen-bond acceptors (Lipinski definition) is 3. The summed E-state index contributed by atoms with van der Waals surface area (Å²) in [6.07, 6.45) is 4.40. The zero-order valence-electron chi connectivity index (χ0n) is 19.4. The molecule has 0 aliphatic heterocycles. The van der Waals surface area contributed by atoms with Crippen LogP contribution in [0.4, 0.5) is 4.39 Å². The van der Waals surface area contributed by atoms with Gasteiger partial charge in [0.2, 0.25) is 5.91 Å². The third-order valence-electron chi connectivity index (χ3n) is 8.21. The van der Waals surface area contributed by atoms with Gasteiger partial charge in [-0.3, -0.25) is 9.59 Å². The number of carbonyl (C=O) groups is 2. The van der Waals surface area contributed by atoms with E-state index < -0.39 is 17.1 Å². The molecule has 1 heterocycles. The van der Waals surface area contributed by atoms with E-state index in [1.54, 1.807) is 24.3 Å². The number of carbonyl (C=O) groups excluding carboxylic acids is 2. The minimum absolute atomic E-state index is 0.209. The molecule has 4 aliphatic rings. The fourth-order valence-electron chi connectivity index (χ4n) is 7.24.